The minimum Gasteiger partial charge on any atom is -0.497 e. The molecule has 4 rings (SSSR count). The lowest BCUT2D eigenvalue weighted by atomic mass is 10.1. The van der Waals surface area contributed by atoms with Gasteiger partial charge in [-0.15, -0.1) is 0 Å². The standard InChI is InChI=1S/C21H22F2N4O2/c1-29-16-5-2-14(3-6-16)13-26-8-10-27(11-9-26)21(28)15-4-7-17-18(12-15)25-20(24-17)19(22)23/h2-7,12,19H,8-11,13H2,1H3,(H,24,25). The molecule has 1 N–H and O–H groups in total. The van der Waals surface area contributed by atoms with Crippen LogP contribution in [-0.2, 0) is 6.54 Å². The van der Waals surface area contributed by atoms with Crippen molar-refractivity contribution in [1.82, 2.24) is 19.8 Å². The Hall–Kier alpha value is -3.00. The van der Waals surface area contributed by atoms with Gasteiger partial charge in [0.05, 0.1) is 18.1 Å². The van der Waals surface area contributed by atoms with Crippen molar-refractivity contribution < 1.29 is 18.3 Å². The first kappa shape index (κ1) is 19.3. The number of fused-ring (bicyclic) bond motifs is 1. The summed E-state index contributed by atoms with van der Waals surface area (Å²) in [4.78, 5) is 23.4. The van der Waals surface area contributed by atoms with Crippen molar-refractivity contribution in [3.8, 4) is 5.75 Å². The van der Waals surface area contributed by atoms with Gasteiger partial charge in [-0.1, -0.05) is 12.1 Å². The van der Waals surface area contributed by atoms with Gasteiger partial charge in [0, 0.05) is 38.3 Å². The van der Waals surface area contributed by atoms with Gasteiger partial charge < -0.3 is 14.6 Å². The van der Waals surface area contributed by atoms with Crippen LogP contribution >= 0.6 is 0 Å². The second-order valence-corrected chi connectivity index (χ2v) is 7.07. The zero-order chi connectivity index (χ0) is 20.4. The summed E-state index contributed by atoms with van der Waals surface area (Å²) < 4.78 is 30.8. The normalized spacial score (nSPS) is 15.2. The second kappa shape index (κ2) is 8.16. The van der Waals surface area contributed by atoms with E-state index in [1.54, 1.807) is 30.2 Å². The monoisotopic (exact) mass is 400 g/mol. The molecular weight excluding hydrogens is 378 g/mol. The largest absolute Gasteiger partial charge is 0.497 e. The summed E-state index contributed by atoms with van der Waals surface area (Å²) in [6, 6.07) is 12.8. The maximum atomic E-state index is 12.8. The Morgan fingerprint density at radius 2 is 1.86 bits per heavy atom. The minimum atomic E-state index is -2.67. The fourth-order valence-electron chi connectivity index (χ4n) is 3.55. The number of alkyl halides is 2. The van der Waals surface area contributed by atoms with Crippen LogP contribution in [0.25, 0.3) is 11.0 Å². The molecule has 0 aliphatic carbocycles. The van der Waals surface area contributed by atoms with Crippen molar-refractivity contribution >= 4 is 16.9 Å². The van der Waals surface area contributed by atoms with Crippen molar-refractivity contribution in [2.45, 2.75) is 13.0 Å². The van der Waals surface area contributed by atoms with Crippen LogP contribution in [0.3, 0.4) is 0 Å². The summed E-state index contributed by atoms with van der Waals surface area (Å²) in [5.41, 5.74) is 2.56. The highest BCUT2D eigenvalue weighted by Crippen LogP contribution is 2.22. The Morgan fingerprint density at radius 1 is 1.14 bits per heavy atom. The molecule has 1 amide bonds. The Kier molecular flexibility index (Phi) is 5.44. The number of H-pyrrole nitrogens is 1. The lowest BCUT2D eigenvalue weighted by molar-refractivity contribution is 0.0628. The van der Waals surface area contributed by atoms with Crippen LogP contribution < -0.4 is 4.74 Å². The molecule has 3 aromatic rings. The number of halogens is 2. The number of aromatic nitrogens is 2. The molecule has 0 radical (unpaired) electrons. The summed E-state index contributed by atoms with van der Waals surface area (Å²) in [5.74, 6) is 0.361. The molecule has 0 bridgehead atoms. The van der Waals surface area contributed by atoms with Crippen LogP contribution in [0.1, 0.15) is 28.2 Å². The fraction of sp³-hybridized carbons (Fsp3) is 0.333. The highest BCUT2D eigenvalue weighted by Gasteiger charge is 2.23. The SMILES string of the molecule is COc1ccc(CN2CCN(C(=O)c3ccc4nc(C(F)F)[nH]c4c3)CC2)cc1. The molecule has 152 valence electrons. The number of carbonyl (C=O) groups excluding carboxylic acids is 1. The van der Waals surface area contributed by atoms with E-state index in [-0.39, 0.29) is 11.7 Å². The van der Waals surface area contributed by atoms with E-state index < -0.39 is 6.43 Å². The van der Waals surface area contributed by atoms with Gasteiger partial charge >= 0.3 is 0 Å². The summed E-state index contributed by atoms with van der Waals surface area (Å²) in [5, 5.41) is 0. The molecule has 6 nitrogen and oxygen atoms in total. The van der Waals surface area contributed by atoms with Crippen molar-refractivity contribution in [3.63, 3.8) is 0 Å². The number of aromatic amines is 1. The van der Waals surface area contributed by atoms with Crippen LogP contribution in [0.5, 0.6) is 5.75 Å². The lowest BCUT2D eigenvalue weighted by Gasteiger charge is -2.34. The third kappa shape index (κ3) is 4.22. The number of imidazole rings is 1. The average Bonchev–Trinajstić information content (AvgIpc) is 3.18. The number of hydrogen-bond donors (Lipinski definition) is 1. The molecule has 29 heavy (non-hydrogen) atoms. The first-order chi connectivity index (χ1) is 14.0. The van der Waals surface area contributed by atoms with Crippen molar-refractivity contribution in [3.05, 3.63) is 59.4 Å². The lowest BCUT2D eigenvalue weighted by Crippen LogP contribution is -2.48. The van der Waals surface area contributed by atoms with E-state index in [2.05, 4.69) is 14.9 Å². The van der Waals surface area contributed by atoms with Crippen LogP contribution in [0, 0.1) is 0 Å². The van der Waals surface area contributed by atoms with E-state index in [0.717, 1.165) is 25.4 Å². The Bertz CT molecular complexity index is 996. The van der Waals surface area contributed by atoms with Crippen LogP contribution in [-0.4, -0.2) is 59.0 Å². The van der Waals surface area contributed by atoms with Gasteiger partial charge in [0.1, 0.15) is 5.75 Å². The number of hydrogen-bond acceptors (Lipinski definition) is 4. The van der Waals surface area contributed by atoms with E-state index in [9.17, 15) is 13.6 Å². The number of carbonyl (C=O) groups is 1. The van der Waals surface area contributed by atoms with Gasteiger partial charge in [-0.2, -0.15) is 0 Å². The Morgan fingerprint density at radius 3 is 2.52 bits per heavy atom. The van der Waals surface area contributed by atoms with E-state index in [0.29, 0.717) is 29.7 Å². The van der Waals surface area contributed by atoms with E-state index in [1.165, 1.54) is 5.56 Å². The zero-order valence-electron chi connectivity index (χ0n) is 16.1. The summed E-state index contributed by atoms with van der Waals surface area (Å²) in [6.45, 7) is 3.62. The molecule has 1 aliphatic rings. The summed E-state index contributed by atoms with van der Waals surface area (Å²) >= 11 is 0. The van der Waals surface area contributed by atoms with Crippen molar-refractivity contribution in [2.75, 3.05) is 33.3 Å². The topological polar surface area (TPSA) is 61.5 Å². The van der Waals surface area contributed by atoms with Gasteiger partial charge in [0.25, 0.3) is 12.3 Å². The number of methoxy groups -OCH3 is 1. The zero-order valence-corrected chi connectivity index (χ0v) is 16.1. The third-order valence-corrected chi connectivity index (χ3v) is 5.18. The quantitative estimate of drug-likeness (QED) is 0.713. The predicted octanol–water partition coefficient (Wildman–Crippen LogP) is 3.47. The number of ether oxygens (including phenoxy) is 1. The molecule has 2 aromatic carbocycles. The van der Waals surface area contributed by atoms with Gasteiger partial charge in [-0.3, -0.25) is 9.69 Å². The third-order valence-electron chi connectivity index (χ3n) is 5.18. The first-order valence-electron chi connectivity index (χ1n) is 9.46. The second-order valence-electron chi connectivity index (χ2n) is 7.07. The van der Waals surface area contributed by atoms with Gasteiger partial charge in [0.2, 0.25) is 0 Å². The highest BCUT2D eigenvalue weighted by molar-refractivity contribution is 5.97. The molecule has 2 heterocycles. The first-order valence-corrected chi connectivity index (χ1v) is 9.46. The van der Waals surface area contributed by atoms with E-state index in [4.69, 9.17) is 4.74 Å². The summed E-state index contributed by atoms with van der Waals surface area (Å²) in [6.07, 6.45) is -2.67. The maximum Gasteiger partial charge on any atom is 0.295 e. The fourth-order valence-corrected chi connectivity index (χ4v) is 3.55. The molecule has 0 unspecified atom stereocenters. The number of nitrogens with one attached hydrogen (secondary N) is 1. The number of benzene rings is 2. The predicted molar refractivity (Wildman–Crippen MR) is 105 cm³/mol. The molecule has 1 saturated heterocycles. The minimum absolute atomic E-state index is 0.0933. The van der Waals surface area contributed by atoms with Crippen LogP contribution in [0.15, 0.2) is 42.5 Å². The number of nitrogens with zero attached hydrogens (tertiary/aromatic N) is 3. The molecule has 1 fully saturated rings. The smallest absolute Gasteiger partial charge is 0.295 e. The highest BCUT2D eigenvalue weighted by atomic mass is 19.3. The van der Waals surface area contributed by atoms with Crippen molar-refractivity contribution in [1.29, 1.82) is 0 Å². The molecule has 8 heteroatoms. The van der Waals surface area contributed by atoms with E-state index in [1.807, 2.05) is 24.3 Å². The van der Waals surface area contributed by atoms with E-state index >= 15 is 0 Å². The maximum absolute atomic E-state index is 12.8. The Labute approximate surface area is 167 Å². The average molecular weight is 400 g/mol. The van der Waals surface area contributed by atoms with Crippen LogP contribution in [0.2, 0.25) is 0 Å². The molecule has 0 saturated carbocycles. The molecule has 1 aromatic heterocycles. The van der Waals surface area contributed by atoms with Gasteiger partial charge in [-0.05, 0) is 35.9 Å². The number of amides is 1. The van der Waals surface area contributed by atoms with Crippen molar-refractivity contribution in [2.24, 2.45) is 0 Å². The number of rotatable bonds is 5. The molecular formula is C21H22F2N4O2. The molecule has 0 atom stereocenters. The summed E-state index contributed by atoms with van der Waals surface area (Å²) in [7, 11) is 1.65. The number of piperazine rings is 1. The van der Waals surface area contributed by atoms with Gasteiger partial charge in [-0.25, -0.2) is 13.8 Å². The Balaban J connectivity index is 1.37. The van der Waals surface area contributed by atoms with Crippen LogP contribution in [0.4, 0.5) is 8.78 Å². The molecule has 1 aliphatic heterocycles. The molecule has 0 spiro atoms. The van der Waals surface area contributed by atoms with Gasteiger partial charge in [0.15, 0.2) is 5.82 Å².